The summed E-state index contributed by atoms with van der Waals surface area (Å²) in [4.78, 5) is 2.42. The van der Waals surface area contributed by atoms with E-state index in [1.807, 2.05) is 0 Å². The first kappa shape index (κ1) is 12.2. The van der Waals surface area contributed by atoms with Crippen molar-refractivity contribution >= 4 is 0 Å². The summed E-state index contributed by atoms with van der Waals surface area (Å²) in [5.74, 6) is 0.803. The Bertz CT molecular complexity index is 250. The fraction of sp³-hybridized carbons (Fsp3) is 0.538. The number of likely N-dealkylation sites (tertiary alicyclic amines) is 1. The number of nitrogens with zero attached hydrogens (tertiary/aromatic N) is 1. The van der Waals surface area contributed by atoms with Crippen LogP contribution in [-0.2, 0) is 0 Å². The molecule has 0 spiro atoms. The van der Waals surface area contributed by atoms with Gasteiger partial charge in [-0.2, -0.15) is 0 Å². The number of hydrogen-bond acceptors (Lipinski definition) is 2. The topological polar surface area (TPSA) is 29.3 Å². The fourth-order valence-electron chi connectivity index (χ4n) is 2.07. The summed E-state index contributed by atoms with van der Waals surface area (Å²) in [6, 6.07) is 10.9. The molecule has 0 aliphatic carbocycles. The van der Waals surface area contributed by atoms with E-state index < -0.39 is 0 Å². The largest absolute Gasteiger partial charge is 0.333 e. The highest BCUT2D eigenvalue weighted by atomic mass is 15.1. The van der Waals surface area contributed by atoms with Crippen molar-refractivity contribution in [1.82, 2.24) is 4.90 Å². The molecule has 0 saturated carbocycles. The first-order chi connectivity index (χ1) is 7.36. The SMILES string of the molecule is CN.CN1CCC(c2ccccc2)CC1. The predicted molar refractivity (Wildman–Crippen MR) is 66.0 cm³/mol. The van der Waals surface area contributed by atoms with Gasteiger partial charge in [-0.15, -0.1) is 0 Å². The molecule has 1 aliphatic heterocycles. The van der Waals surface area contributed by atoms with Gasteiger partial charge in [-0.1, -0.05) is 30.3 Å². The first-order valence-corrected chi connectivity index (χ1v) is 5.67. The minimum absolute atomic E-state index is 0.803. The molecule has 1 saturated heterocycles. The summed E-state index contributed by atoms with van der Waals surface area (Å²) in [6.07, 6.45) is 2.64. The minimum Gasteiger partial charge on any atom is -0.333 e. The van der Waals surface area contributed by atoms with Crippen LogP contribution >= 0.6 is 0 Å². The monoisotopic (exact) mass is 206 g/mol. The van der Waals surface area contributed by atoms with Crippen LogP contribution in [0.1, 0.15) is 24.3 Å². The molecule has 1 aliphatic rings. The van der Waals surface area contributed by atoms with Gasteiger partial charge < -0.3 is 10.6 Å². The maximum absolute atomic E-state index is 4.50. The van der Waals surface area contributed by atoms with Crippen molar-refractivity contribution in [3.63, 3.8) is 0 Å². The normalized spacial score (nSPS) is 18.1. The molecule has 2 heteroatoms. The lowest BCUT2D eigenvalue weighted by atomic mass is 9.90. The second-order valence-corrected chi connectivity index (χ2v) is 3.99. The van der Waals surface area contributed by atoms with Crippen LogP contribution in [0.4, 0.5) is 0 Å². The molecule has 0 amide bonds. The van der Waals surface area contributed by atoms with Crippen molar-refractivity contribution in [3.8, 4) is 0 Å². The van der Waals surface area contributed by atoms with Crippen LogP contribution in [-0.4, -0.2) is 32.1 Å². The van der Waals surface area contributed by atoms with Gasteiger partial charge in [0.2, 0.25) is 0 Å². The van der Waals surface area contributed by atoms with E-state index in [0.29, 0.717) is 0 Å². The molecule has 84 valence electrons. The van der Waals surface area contributed by atoms with Crippen LogP contribution in [0.3, 0.4) is 0 Å². The van der Waals surface area contributed by atoms with Gasteiger partial charge in [-0.25, -0.2) is 0 Å². The van der Waals surface area contributed by atoms with Crippen LogP contribution in [0.25, 0.3) is 0 Å². The van der Waals surface area contributed by atoms with E-state index in [1.165, 1.54) is 38.5 Å². The molecule has 0 bridgehead atoms. The molecule has 2 nitrogen and oxygen atoms in total. The smallest absolute Gasteiger partial charge is 0.00159 e. The Balaban J connectivity index is 0.000000531. The van der Waals surface area contributed by atoms with Gasteiger partial charge in [-0.3, -0.25) is 0 Å². The minimum atomic E-state index is 0.803. The quantitative estimate of drug-likeness (QED) is 0.762. The van der Waals surface area contributed by atoms with E-state index in [4.69, 9.17) is 0 Å². The Kier molecular flexibility index (Phi) is 5.37. The third-order valence-electron chi connectivity index (χ3n) is 2.99. The Labute approximate surface area is 93.1 Å². The summed E-state index contributed by atoms with van der Waals surface area (Å²) in [5, 5.41) is 0. The van der Waals surface area contributed by atoms with E-state index >= 15 is 0 Å². The van der Waals surface area contributed by atoms with Crippen molar-refractivity contribution in [1.29, 1.82) is 0 Å². The van der Waals surface area contributed by atoms with Crippen LogP contribution in [0.15, 0.2) is 30.3 Å². The third kappa shape index (κ3) is 3.65. The summed E-state index contributed by atoms with van der Waals surface area (Å²) in [7, 11) is 3.71. The van der Waals surface area contributed by atoms with Crippen molar-refractivity contribution in [3.05, 3.63) is 35.9 Å². The Hall–Kier alpha value is -0.860. The molecule has 0 radical (unpaired) electrons. The average Bonchev–Trinajstić information content (AvgIpc) is 2.34. The average molecular weight is 206 g/mol. The van der Waals surface area contributed by atoms with Crippen molar-refractivity contribution in [2.45, 2.75) is 18.8 Å². The van der Waals surface area contributed by atoms with Crippen LogP contribution in [0.5, 0.6) is 0 Å². The highest BCUT2D eigenvalue weighted by Crippen LogP contribution is 2.26. The Morgan fingerprint density at radius 1 is 1.07 bits per heavy atom. The number of benzene rings is 1. The maximum atomic E-state index is 4.50. The van der Waals surface area contributed by atoms with Gasteiger partial charge in [0, 0.05) is 0 Å². The molecule has 1 fully saturated rings. The highest BCUT2D eigenvalue weighted by Gasteiger charge is 2.17. The molecule has 0 unspecified atom stereocenters. The second kappa shape index (κ2) is 6.59. The van der Waals surface area contributed by atoms with Gasteiger partial charge in [-0.05, 0) is 51.5 Å². The zero-order valence-corrected chi connectivity index (χ0v) is 9.82. The molecule has 0 atom stereocenters. The zero-order chi connectivity index (χ0) is 11.1. The predicted octanol–water partition coefficient (Wildman–Crippen LogP) is 2.07. The molecule has 1 heterocycles. The lowest BCUT2D eigenvalue weighted by Crippen LogP contribution is -2.29. The van der Waals surface area contributed by atoms with Crippen molar-refractivity contribution in [2.24, 2.45) is 5.73 Å². The van der Waals surface area contributed by atoms with Crippen molar-refractivity contribution < 1.29 is 0 Å². The van der Waals surface area contributed by atoms with Gasteiger partial charge in [0.25, 0.3) is 0 Å². The third-order valence-corrected chi connectivity index (χ3v) is 2.99. The number of hydrogen-bond donors (Lipinski definition) is 1. The lowest BCUT2D eigenvalue weighted by Gasteiger charge is -2.29. The molecule has 2 N–H and O–H groups in total. The molecule has 15 heavy (non-hydrogen) atoms. The maximum Gasteiger partial charge on any atom is -0.00159 e. The second-order valence-electron chi connectivity index (χ2n) is 3.99. The summed E-state index contributed by atoms with van der Waals surface area (Å²) >= 11 is 0. The van der Waals surface area contributed by atoms with Crippen LogP contribution in [0, 0.1) is 0 Å². The summed E-state index contributed by atoms with van der Waals surface area (Å²) in [5.41, 5.74) is 6.02. The van der Waals surface area contributed by atoms with Crippen LogP contribution < -0.4 is 5.73 Å². The lowest BCUT2D eigenvalue weighted by molar-refractivity contribution is 0.255. The number of piperidine rings is 1. The molecular formula is C13H22N2. The standard InChI is InChI=1S/C12H17N.CH5N/c1-13-9-7-12(8-10-13)11-5-3-2-4-6-11;1-2/h2-6,12H,7-10H2,1H3;2H2,1H3. The zero-order valence-electron chi connectivity index (χ0n) is 9.82. The van der Waals surface area contributed by atoms with E-state index in [0.717, 1.165) is 5.92 Å². The van der Waals surface area contributed by atoms with E-state index in [1.54, 1.807) is 0 Å². The summed E-state index contributed by atoms with van der Waals surface area (Å²) in [6.45, 7) is 2.50. The number of rotatable bonds is 1. The van der Waals surface area contributed by atoms with Gasteiger partial charge in [0.15, 0.2) is 0 Å². The van der Waals surface area contributed by atoms with E-state index in [-0.39, 0.29) is 0 Å². The van der Waals surface area contributed by atoms with Crippen LogP contribution in [0.2, 0.25) is 0 Å². The molecule has 2 rings (SSSR count). The van der Waals surface area contributed by atoms with Crippen molar-refractivity contribution in [2.75, 3.05) is 27.2 Å². The highest BCUT2D eigenvalue weighted by molar-refractivity contribution is 5.19. The van der Waals surface area contributed by atoms with Gasteiger partial charge in [0.1, 0.15) is 0 Å². The Morgan fingerprint density at radius 2 is 1.60 bits per heavy atom. The summed E-state index contributed by atoms with van der Waals surface area (Å²) < 4.78 is 0. The number of nitrogens with two attached hydrogens (primary N) is 1. The first-order valence-electron chi connectivity index (χ1n) is 5.67. The van der Waals surface area contributed by atoms with Gasteiger partial charge >= 0.3 is 0 Å². The molecular weight excluding hydrogens is 184 g/mol. The molecule has 1 aromatic carbocycles. The fourth-order valence-corrected chi connectivity index (χ4v) is 2.07. The Morgan fingerprint density at radius 3 is 2.13 bits per heavy atom. The van der Waals surface area contributed by atoms with E-state index in [2.05, 4.69) is 48.0 Å². The molecule has 0 aromatic heterocycles. The van der Waals surface area contributed by atoms with E-state index in [9.17, 15) is 0 Å². The molecule has 1 aromatic rings. The van der Waals surface area contributed by atoms with Gasteiger partial charge in [0.05, 0.1) is 0 Å².